The lowest BCUT2D eigenvalue weighted by Gasteiger charge is -2.10. The summed E-state index contributed by atoms with van der Waals surface area (Å²) in [7, 11) is 0. The summed E-state index contributed by atoms with van der Waals surface area (Å²) in [5.41, 5.74) is 6.97. The number of hydrogen-bond donors (Lipinski definition) is 2. The molecule has 0 radical (unpaired) electrons. The van der Waals surface area contributed by atoms with Crippen molar-refractivity contribution >= 4 is 27.5 Å². The molecule has 6 heteroatoms. The van der Waals surface area contributed by atoms with Crippen molar-refractivity contribution in [2.45, 2.75) is 19.4 Å². The minimum absolute atomic E-state index is 0.0191. The van der Waals surface area contributed by atoms with E-state index in [0.717, 1.165) is 15.8 Å². The third kappa shape index (κ3) is 3.57. The monoisotopic (exact) mass is 322 g/mol. The molecule has 1 heterocycles. The molecule has 0 spiro atoms. The zero-order chi connectivity index (χ0) is 13.8. The third-order valence-corrected chi connectivity index (χ3v) is 3.27. The van der Waals surface area contributed by atoms with Crippen LogP contribution < -0.4 is 11.1 Å². The van der Waals surface area contributed by atoms with Gasteiger partial charge >= 0.3 is 0 Å². The average Bonchev–Trinajstić information content (AvgIpc) is 2.76. The van der Waals surface area contributed by atoms with Crippen molar-refractivity contribution < 1.29 is 4.79 Å². The predicted molar refractivity (Wildman–Crippen MR) is 78.2 cm³/mol. The summed E-state index contributed by atoms with van der Waals surface area (Å²) >= 11 is 3.48. The van der Waals surface area contributed by atoms with Gasteiger partial charge in [-0.25, -0.2) is 4.68 Å². The normalized spacial score (nSPS) is 12.1. The van der Waals surface area contributed by atoms with Crippen LogP contribution in [-0.4, -0.2) is 21.7 Å². The zero-order valence-corrected chi connectivity index (χ0v) is 12.1. The van der Waals surface area contributed by atoms with Gasteiger partial charge in [0.15, 0.2) is 0 Å². The second-order valence-electron chi connectivity index (χ2n) is 4.34. The van der Waals surface area contributed by atoms with Crippen LogP contribution in [0.25, 0.3) is 5.69 Å². The molecule has 2 rings (SSSR count). The maximum absolute atomic E-state index is 10.8. The van der Waals surface area contributed by atoms with Crippen molar-refractivity contribution in [3.8, 4) is 5.69 Å². The first kappa shape index (κ1) is 13.6. The number of benzene rings is 1. The molecule has 0 bridgehead atoms. The zero-order valence-electron chi connectivity index (χ0n) is 10.5. The van der Waals surface area contributed by atoms with Crippen LogP contribution >= 0.6 is 15.9 Å². The molecular formula is C13H15BrN4O. The van der Waals surface area contributed by atoms with Gasteiger partial charge < -0.3 is 11.1 Å². The Hall–Kier alpha value is -1.82. The topological polar surface area (TPSA) is 72.9 Å². The minimum Gasteiger partial charge on any atom is -0.380 e. The molecule has 19 heavy (non-hydrogen) atoms. The van der Waals surface area contributed by atoms with Crippen LogP contribution in [0.15, 0.2) is 41.1 Å². The highest BCUT2D eigenvalue weighted by atomic mass is 79.9. The van der Waals surface area contributed by atoms with E-state index in [1.165, 1.54) is 0 Å². The lowest BCUT2D eigenvalue weighted by molar-refractivity contribution is -0.118. The molecule has 0 unspecified atom stereocenters. The number of hydrogen-bond acceptors (Lipinski definition) is 3. The average molecular weight is 323 g/mol. The van der Waals surface area contributed by atoms with E-state index in [0.29, 0.717) is 6.42 Å². The second-order valence-corrected chi connectivity index (χ2v) is 5.20. The van der Waals surface area contributed by atoms with E-state index in [4.69, 9.17) is 5.73 Å². The fourth-order valence-corrected chi connectivity index (χ4v) is 2.27. The highest BCUT2D eigenvalue weighted by Gasteiger charge is 2.08. The number of halogens is 1. The maximum Gasteiger partial charge on any atom is 0.219 e. The number of amides is 1. The van der Waals surface area contributed by atoms with E-state index in [1.54, 1.807) is 10.9 Å². The van der Waals surface area contributed by atoms with E-state index in [1.807, 2.05) is 37.4 Å². The van der Waals surface area contributed by atoms with E-state index in [2.05, 4.69) is 26.3 Å². The van der Waals surface area contributed by atoms with Gasteiger partial charge in [0.1, 0.15) is 0 Å². The Labute approximate surface area is 119 Å². The number of rotatable bonds is 5. The third-order valence-electron chi connectivity index (χ3n) is 2.60. The van der Waals surface area contributed by atoms with Gasteiger partial charge in [-0.3, -0.25) is 4.79 Å². The Morgan fingerprint density at radius 3 is 2.95 bits per heavy atom. The van der Waals surface area contributed by atoms with Gasteiger partial charge in [-0.15, -0.1) is 0 Å². The molecule has 1 atom stereocenters. The summed E-state index contributed by atoms with van der Waals surface area (Å²) in [5.74, 6) is -0.321. The number of nitrogens with one attached hydrogen (secondary N) is 1. The number of para-hydroxylation sites is 1. The van der Waals surface area contributed by atoms with Gasteiger partial charge in [0.05, 0.1) is 23.8 Å². The molecule has 1 amide bonds. The Kier molecular flexibility index (Phi) is 4.21. The number of carbonyl (C=O) groups is 1. The van der Waals surface area contributed by atoms with E-state index in [-0.39, 0.29) is 11.9 Å². The highest BCUT2D eigenvalue weighted by Crippen LogP contribution is 2.21. The van der Waals surface area contributed by atoms with Crippen molar-refractivity contribution in [1.82, 2.24) is 9.78 Å². The summed E-state index contributed by atoms with van der Waals surface area (Å²) in [6.45, 7) is 1.90. The molecule has 1 aromatic heterocycles. The number of anilines is 1. The Balaban J connectivity index is 2.11. The van der Waals surface area contributed by atoms with Gasteiger partial charge in [0, 0.05) is 16.9 Å². The number of carbonyl (C=O) groups excluding carboxylic acids is 1. The van der Waals surface area contributed by atoms with Gasteiger partial charge in [-0.2, -0.15) is 5.10 Å². The molecule has 0 aliphatic carbocycles. The molecule has 0 saturated carbocycles. The van der Waals surface area contributed by atoms with Gasteiger partial charge in [0.2, 0.25) is 5.91 Å². The SMILES string of the molecule is C[C@H](CC(N)=O)Nc1cnn(-c2ccccc2Br)c1. The minimum atomic E-state index is -0.321. The molecule has 2 aromatic rings. The number of primary amides is 1. The summed E-state index contributed by atoms with van der Waals surface area (Å²) < 4.78 is 2.73. The molecular weight excluding hydrogens is 308 g/mol. The quantitative estimate of drug-likeness (QED) is 0.887. The molecule has 0 aliphatic rings. The highest BCUT2D eigenvalue weighted by molar-refractivity contribution is 9.10. The van der Waals surface area contributed by atoms with Gasteiger partial charge in [-0.05, 0) is 35.0 Å². The standard InChI is InChI=1S/C13H15BrN4O/c1-9(6-13(15)19)17-10-7-16-18(8-10)12-5-3-2-4-11(12)14/h2-5,7-9,17H,6H2,1H3,(H2,15,19)/t9-/m1/s1. The molecule has 100 valence electrons. The summed E-state index contributed by atoms with van der Waals surface area (Å²) in [6, 6.07) is 7.80. The van der Waals surface area contributed by atoms with Crippen molar-refractivity contribution in [1.29, 1.82) is 0 Å². The first-order valence-corrected chi connectivity index (χ1v) is 6.70. The Morgan fingerprint density at radius 2 is 2.26 bits per heavy atom. The second kappa shape index (κ2) is 5.88. The number of aromatic nitrogens is 2. The van der Waals surface area contributed by atoms with Crippen LogP contribution in [0, 0.1) is 0 Å². The Morgan fingerprint density at radius 1 is 1.53 bits per heavy atom. The largest absolute Gasteiger partial charge is 0.380 e. The van der Waals surface area contributed by atoms with Gasteiger partial charge in [-0.1, -0.05) is 12.1 Å². The number of nitrogens with two attached hydrogens (primary N) is 1. The first-order chi connectivity index (χ1) is 9.06. The van der Waals surface area contributed by atoms with Crippen LogP contribution in [0.3, 0.4) is 0 Å². The smallest absolute Gasteiger partial charge is 0.219 e. The molecule has 5 nitrogen and oxygen atoms in total. The number of nitrogens with zero attached hydrogens (tertiary/aromatic N) is 2. The van der Waals surface area contributed by atoms with Crippen molar-refractivity contribution in [2.24, 2.45) is 5.73 Å². The molecule has 0 saturated heterocycles. The van der Waals surface area contributed by atoms with E-state index < -0.39 is 0 Å². The summed E-state index contributed by atoms with van der Waals surface area (Å²) in [5, 5.41) is 7.47. The van der Waals surface area contributed by atoms with Crippen LogP contribution in [-0.2, 0) is 4.79 Å². The Bertz CT molecular complexity index is 582. The fraction of sp³-hybridized carbons (Fsp3) is 0.231. The van der Waals surface area contributed by atoms with E-state index in [9.17, 15) is 4.79 Å². The maximum atomic E-state index is 10.8. The fourth-order valence-electron chi connectivity index (χ4n) is 1.80. The lowest BCUT2D eigenvalue weighted by Crippen LogP contribution is -2.23. The molecule has 0 aliphatic heterocycles. The van der Waals surface area contributed by atoms with Crippen LogP contribution in [0.4, 0.5) is 5.69 Å². The molecule has 1 aromatic carbocycles. The molecule has 3 N–H and O–H groups in total. The first-order valence-electron chi connectivity index (χ1n) is 5.90. The lowest BCUT2D eigenvalue weighted by atomic mass is 10.2. The van der Waals surface area contributed by atoms with Crippen molar-refractivity contribution in [2.75, 3.05) is 5.32 Å². The van der Waals surface area contributed by atoms with Gasteiger partial charge in [0.25, 0.3) is 0 Å². The predicted octanol–water partition coefficient (Wildman–Crippen LogP) is 2.31. The van der Waals surface area contributed by atoms with Crippen molar-refractivity contribution in [3.05, 3.63) is 41.1 Å². The van der Waals surface area contributed by atoms with E-state index >= 15 is 0 Å². The van der Waals surface area contributed by atoms with Crippen molar-refractivity contribution in [3.63, 3.8) is 0 Å². The molecule has 0 fully saturated rings. The van der Waals surface area contributed by atoms with Crippen LogP contribution in [0.2, 0.25) is 0 Å². The summed E-state index contributed by atoms with van der Waals surface area (Å²) in [4.78, 5) is 10.8. The van der Waals surface area contributed by atoms with Crippen LogP contribution in [0.1, 0.15) is 13.3 Å². The summed E-state index contributed by atoms with van der Waals surface area (Å²) in [6.07, 6.45) is 3.88. The van der Waals surface area contributed by atoms with Crippen LogP contribution in [0.5, 0.6) is 0 Å².